The van der Waals surface area contributed by atoms with Gasteiger partial charge in [-0.15, -0.1) is 0 Å². The minimum absolute atomic E-state index is 0.0119. The average Bonchev–Trinajstić information content (AvgIpc) is 3.75. The second kappa shape index (κ2) is 10.9. The summed E-state index contributed by atoms with van der Waals surface area (Å²) >= 11 is 0. The third-order valence-electron chi connectivity index (χ3n) is 11.6. The van der Waals surface area contributed by atoms with Gasteiger partial charge < -0.3 is 8.98 Å². The van der Waals surface area contributed by atoms with Crippen LogP contribution in [0.3, 0.4) is 0 Å². The molecule has 8 aromatic carbocycles. The van der Waals surface area contributed by atoms with Crippen molar-refractivity contribution in [2.75, 3.05) is 0 Å². The van der Waals surface area contributed by atoms with Crippen LogP contribution in [-0.4, -0.2) is 16.1 Å². The Bertz CT molecular complexity index is 3200. The Morgan fingerprint density at radius 2 is 1.26 bits per heavy atom. The SMILES string of the molecule is c1ccc(C2=NC3c4ccc5c(oc6cc7ccccc7cc65)c4-n4c5cc(ccc5c5c6ccccc6ccc54)CC3C(c3ccccc3)=N2)cc1. The number of aliphatic imine (C=N–C) groups is 2. The third-order valence-corrected chi connectivity index (χ3v) is 11.6. The van der Waals surface area contributed by atoms with Crippen LogP contribution in [-0.2, 0) is 6.42 Å². The number of hydrogen-bond donors (Lipinski definition) is 0. The van der Waals surface area contributed by atoms with Gasteiger partial charge in [-0.25, -0.2) is 4.99 Å². The molecule has 4 nitrogen and oxygen atoms in total. The van der Waals surface area contributed by atoms with Gasteiger partial charge in [-0.2, -0.15) is 0 Å². The molecule has 2 aromatic heterocycles. The van der Waals surface area contributed by atoms with Crippen molar-refractivity contribution >= 4 is 76.8 Å². The van der Waals surface area contributed by atoms with E-state index in [1.54, 1.807) is 0 Å². The molecule has 0 amide bonds. The van der Waals surface area contributed by atoms with Crippen molar-refractivity contribution in [3.05, 3.63) is 186 Å². The number of nitrogens with zero attached hydrogens (tertiary/aromatic N) is 3. The highest BCUT2D eigenvalue weighted by Gasteiger charge is 2.37. The van der Waals surface area contributed by atoms with E-state index in [2.05, 4.69) is 162 Å². The summed E-state index contributed by atoms with van der Waals surface area (Å²) in [5.74, 6) is 0.745. The quantitative estimate of drug-likeness (QED) is 0.180. The Kier molecular flexibility index (Phi) is 5.92. The third kappa shape index (κ3) is 4.18. The molecule has 4 heterocycles. The highest BCUT2D eigenvalue weighted by molar-refractivity contribution is 6.23. The van der Waals surface area contributed by atoms with Crippen LogP contribution in [0.25, 0.3) is 71.0 Å². The molecule has 2 atom stereocenters. The van der Waals surface area contributed by atoms with Crippen molar-refractivity contribution in [1.82, 2.24) is 4.57 Å². The molecule has 2 bridgehead atoms. The molecule has 0 spiro atoms. The monoisotopic (exact) mass is 677 g/mol. The van der Waals surface area contributed by atoms with Crippen LogP contribution in [0.1, 0.15) is 28.3 Å². The molecule has 12 rings (SSSR count). The summed E-state index contributed by atoms with van der Waals surface area (Å²) in [6, 6.07) is 58.8. The van der Waals surface area contributed by atoms with Crippen molar-refractivity contribution in [2.45, 2.75) is 12.5 Å². The first kappa shape index (κ1) is 28.9. The van der Waals surface area contributed by atoms with Crippen LogP contribution in [0.2, 0.25) is 0 Å². The average molecular weight is 678 g/mol. The van der Waals surface area contributed by atoms with Gasteiger partial charge in [0.1, 0.15) is 5.58 Å². The van der Waals surface area contributed by atoms with Crippen LogP contribution in [0.4, 0.5) is 0 Å². The molecule has 0 radical (unpaired) electrons. The molecule has 0 fully saturated rings. The van der Waals surface area contributed by atoms with Gasteiger partial charge in [0, 0.05) is 38.6 Å². The first-order valence-electron chi connectivity index (χ1n) is 18.4. The first-order chi connectivity index (χ1) is 26.3. The van der Waals surface area contributed by atoms with Crippen LogP contribution >= 0.6 is 0 Å². The number of fused-ring (bicyclic) bond motifs is 15. The molecule has 2 aliphatic heterocycles. The number of rotatable bonds is 2. The predicted molar refractivity (Wildman–Crippen MR) is 219 cm³/mol. The molecule has 4 heteroatoms. The smallest absolute Gasteiger partial charge is 0.159 e. The van der Waals surface area contributed by atoms with Crippen LogP contribution in [0, 0.1) is 5.92 Å². The lowest BCUT2D eigenvalue weighted by Gasteiger charge is -2.31. The van der Waals surface area contributed by atoms with Gasteiger partial charge in [-0.05, 0) is 69.4 Å². The normalized spacial score (nSPS) is 16.8. The minimum atomic E-state index is -0.230. The lowest BCUT2D eigenvalue weighted by atomic mass is 9.80. The van der Waals surface area contributed by atoms with E-state index in [0.717, 1.165) is 67.8 Å². The van der Waals surface area contributed by atoms with Gasteiger partial charge in [-0.3, -0.25) is 4.99 Å². The van der Waals surface area contributed by atoms with E-state index in [-0.39, 0.29) is 12.0 Å². The summed E-state index contributed by atoms with van der Waals surface area (Å²) in [7, 11) is 0. The lowest BCUT2D eigenvalue weighted by Crippen LogP contribution is -2.30. The number of furan rings is 1. The Morgan fingerprint density at radius 1 is 0.547 bits per heavy atom. The van der Waals surface area contributed by atoms with E-state index in [4.69, 9.17) is 14.4 Å². The minimum Gasteiger partial charge on any atom is -0.454 e. The molecule has 0 aliphatic carbocycles. The molecule has 2 aliphatic rings. The molecular weight excluding hydrogens is 647 g/mol. The molecule has 53 heavy (non-hydrogen) atoms. The first-order valence-corrected chi connectivity index (χ1v) is 18.4. The molecule has 248 valence electrons. The summed E-state index contributed by atoms with van der Waals surface area (Å²) < 4.78 is 9.59. The second-order valence-electron chi connectivity index (χ2n) is 14.5. The van der Waals surface area contributed by atoms with Crippen molar-refractivity contribution in [1.29, 1.82) is 0 Å². The van der Waals surface area contributed by atoms with Gasteiger partial charge in [0.15, 0.2) is 11.4 Å². The predicted octanol–water partition coefficient (Wildman–Crippen LogP) is 12.2. The topological polar surface area (TPSA) is 42.8 Å². The zero-order chi connectivity index (χ0) is 34.6. The fourth-order valence-electron chi connectivity index (χ4n) is 9.16. The van der Waals surface area contributed by atoms with Gasteiger partial charge >= 0.3 is 0 Å². The fourth-order valence-corrected chi connectivity index (χ4v) is 9.16. The molecule has 0 saturated carbocycles. The highest BCUT2D eigenvalue weighted by atomic mass is 16.3. The summed E-state index contributed by atoms with van der Waals surface area (Å²) in [5.41, 5.74) is 10.8. The van der Waals surface area contributed by atoms with E-state index in [0.29, 0.717) is 0 Å². The number of aromatic nitrogens is 1. The zero-order valence-electron chi connectivity index (χ0n) is 28.7. The fraction of sp³-hybridized carbons (Fsp3) is 0.0612. The molecule has 0 saturated heterocycles. The Morgan fingerprint density at radius 3 is 2.09 bits per heavy atom. The van der Waals surface area contributed by atoms with E-state index in [9.17, 15) is 0 Å². The maximum atomic E-state index is 7.11. The van der Waals surface area contributed by atoms with E-state index >= 15 is 0 Å². The molecule has 10 aromatic rings. The van der Waals surface area contributed by atoms with Gasteiger partial charge in [0.25, 0.3) is 0 Å². The maximum absolute atomic E-state index is 7.11. The zero-order valence-corrected chi connectivity index (χ0v) is 28.7. The van der Waals surface area contributed by atoms with Crippen LogP contribution in [0.15, 0.2) is 178 Å². The summed E-state index contributed by atoms with van der Waals surface area (Å²) in [6.07, 6.45) is 0.797. The van der Waals surface area contributed by atoms with Crippen molar-refractivity contribution in [2.24, 2.45) is 15.9 Å². The summed E-state index contributed by atoms with van der Waals surface area (Å²) in [4.78, 5) is 11.0. The van der Waals surface area contributed by atoms with Crippen LogP contribution < -0.4 is 0 Å². The van der Waals surface area contributed by atoms with Crippen molar-refractivity contribution in [3.8, 4) is 5.69 Å². The Hall–Kier alpha value is -6.78. The van der Waals surface area contributed by atoms with E-state index < -0.39 is 0 Å². The van der Waals surface area contributed by atoms with Gasteiger partial charge in [-0.1, -0.05) is 133 Å². The number of benzene rings is 8. The molecular formula is C49H31N3O. The van der Waals surface area contributed by atoms with Gasteiger partial charge in [0.05, 0.1) is 28.5 Å². The van der Waals surface area contributed by atoms with E-state index in [1.807, 2.05) is 6.07 Å². The second-order valence-corrected chi connectivity index (χ2v) is 14.5. The molecule has 0 N–H and O–H groups in total. The summed E-state index contributed by atoms with van der Waals surface area (Å²) in [6.45, 7) is 0. The highest BCUT2D eigenvalue weighted by Crippen LogP contribution is 2.48. The Balaban J connectivity index is 1.25. The number of hydrogen-bond acceptors (Lipinski definition) is 3. The van der Waals surface area contributed by atoms with E-state index in [1.165, 1.54) is 43.4 Å². The van der Waals surface area contributed by atoms with Crippen molar-refractivity contribution in [3.63, 3.8) is 0 Å². The maximum Gasteiger partial charge on any atom is 0.159 e. The Labute approximate surface area is 305 Å². The van der Waals surface area contributed by atoms with Gasteiger partial charge in [0.2, 0.25) is 0 Å². The number of amidine groups is 1. The lowest BCUT2D eigenvalue weighted by molar-refractivity contribution is 0.544. The standard InChI is InChI=1S/C49H31N3O/c1-3-12-31(13-4-1)45-40-25-29-19-21-37-42(26-29)52(41-24-20-30-11-9-10-18-35(30)44(37)41)47-38(46(40)51-49(50-45)32-14-5-2-6-15-32)23-22-36-39-27-33-16-7-8-17-34(33)28-43(39)53-48(36)47/h1-24,26-28,40,46H,25H2. The van der Waals surface area contributed by atoms with Crippen LogP contribution in [0.5, 0.6) is 0 Å². The largest absolute Gasteiger partial charge is 0.454 e. The summed E-state index contributed by atoms with van der Waals surface area (Å²) in [5, 5.41) is 9.57. The molecule has 2 unspecified atom stereocenters. The van der Waals surface area contributed by atoms with Crippen molar-refractivity contribution < 1.29 is 4.42 Å².